The molecule has 1 aliphatic carbocycles. The molecule has 2 rings (SSSR count). The van der Waals surface area contributed by atoms with Gasteiger partial charge in [0, 0.05) is 30.1 Å². The maximum Gasteiger partial charge on any atom is 0.129 e. The molecule has 0 aliphatic heterocycles. The van der Waals surface area contributed by atoms with E-state index in [2.05, 4.69) is 62.9 Å². The first-order valence-corrected chi connectivity index (χ1v) is 11.3. The molecule has 0 bridgehead atoms. The summed E-state index contributed by atoms with van der Waals surface area (Å²) >= 11 is 0. The molecule has 0 N–H and O–H groups in total. The van der Waals surface area contributed by atoms with Gasteiger partial charge in [-0.2, -0.15) is 0 Å². The van der Waals surface area contributed by atoms with Gasteiger partial charge in [-0.1, -0.05) is 43.1 Å². The van der Waals surface area contributed by atoms with Gasteiger partial charge in [0.2, 0.25) is 0 Å². The van der Waals surface area contributed by atoms with Crippen LogP contribution in [0, 0.1) is 5.92 Å². The van der Waals surface area contributed by atoms with Crippen LogP contribution in [-0.4, -0.2) is 43.0 Å². The van der Waals surface area contributed by atoms with Crippen LogP contribution in [0.1, 0.15) is 72.3 Å². The number of unbranched alkanes of at least 4 members (excludes halogenated alkanes) is 1. The number of nitrogens with zero attached hydrogens (tertiary/aromatic N) is 2. The van der Waals surface area contributed by atoms with E-state index in [4.69, 9.17) is 9.57 Å². The van der Waals surface area contributed by atoms with E-state index in [-0.39, 0.29) is 0 Å². The fraction of sp³-hybridized carbons (Fsp3) is 0.640. The zero-order chi connectivity index (χ0) is 21.2. The van der Waals surface area contributed by atoms with Crippen LogP contribution in [0.15, 0.2) is 35.0 Å². The molecule has 1 aromatic rings. The van der Waals surface area contributed by atoms with E-state index in [0.717, 1.165) is 36.4 Å². The third kappa shape index (κ3) is 6.88. The molecule has 4 nitrogen and oxygen atoms in total. The SMILES string of the molecule is CCCC[C@H]1CCC(=Cc2ccccc2OC)C1=NOCCN(C(C)C)C(C)C. The molecule has 0 unspecified atom stereocenters. The summed E-state index contributed by atoms with van der Waals surface area (Å²) in [7, 11) is 1.73. The Morgan fingerprint density at radius 1 is 1.17 bits per heavy atom. The molecule has 0 radical (unpaired) electrons. The minimum absolute atomic E-state index is 0.502. The van der Waals surface area contributed by atoms with Crippen LogP contribution in [0.3, 0.4) is 0 Å². The molecule has 162 valence electrons. The second kappa shape index (κ2) is 12.0. The van der Waals surface area contributed by atoms with Crippen molar-refractivity contribution in [1.29, 1.82) is 0 Å². The van der Waals surface area contributed by atoms with Gasteiger partial charge in [-0.15, -0.1) is 0 Å². The predicted molar refractivity (Wildman–Crippen MR) is 124 cm³/mol. The monoisotopic (exact) mass is 400 g/mol. The zero-order valence-electron chi connectivity index (χ0n) is 19.3. The molecule has 1 aliphatic rings. The van der Waals surface area contributed by atoms with Gasteiger partial charge in [0.15, 0.2) is 0 Å². The van der Waals surface area contributed by atoms with E-state index in [1.165, 1.54) is 24.8 Å². The Morgan fingerprint density at radius 2 is 1.90 bits per heavy atom. The Labute approximate surface area is 178 Å². The van der Waals surface area contributed by atoms with Crippen LogP contribution in [0.5, 0.6) is 5.75 Å². The van der Waals surface area contributed by atoms with Crippen molar-refractivity contribution in [2.75, 3.05) is 20.3 Å². The molecule has 0 aromatic heterocycles. The zero-order valence-corrected chi connectivity index (χ0v) is 19.3. The number of hydrogen-bond donors (Lipinski definition) is 0. The predicted octanol–water partition coefficient (Wildman–Crippen LogP) is 6.17. The van der Waals surface area contributed by atoms with Gasteiger partial charge in [0.05, 0.1) is 12.8 Å². The summed E-state index contributed by atoms with van der Waals surface area (Å²) in [4.78, 5) is 8.30. The molecule has 1 aromatic carbocycles. The summed E-state index contributed by atoms with van der Waals surface area (Å²) in [6.07, 6.45) is 8.09. The second-order valence-corrected chi connectivity index (χ2v) is 8.52. The van der Waals surface area contributed by atoms with Crippen LogP contribution in [0.4, 0.5) is 0 Å². The van der Waals surface area contributed by atoms with E-state index >= 15 is 0 Å². The summed E-state index contributed by atoms with van der Waals surface area (Å²) in [5, 5.41) is 4.66. The first kappa shape index (κ1) is 23.5. The van der Waals surface area contributed by atoms with E-state index in [9.17, 15) is 0 Å². The average molecular weight is 401 g/mol. The summed E-state index contributed by atoms with van der Waals surface area (Å²) in [6.45, 7) is 12.7. The van der Waals surface area contributed by atoms with Crippen molar-refractivity contribution in [3.05, 3.63) is 35.4 Å². The highest BCUT2D eigenvalue weighted by atomic mass is 16.6. The highest BCUT2D eigenvalue weighted by Gasteiger charge is 2.28. The van der Waals surface area contributed by atoms with Crippen molar-refractivity contribution in [3.8, 4) is 5.75 Å². The maximum atomic E-state index is 5.86. The largest absolute Gasteiger partial charge is 0.496 e. The van der Waals surface area contributed by atoms with Gasteiger partial charge in [-0.25, -0.2) is 0 Å². The van der Waals surface area contributed by atoms with Gasteiger partial charge >= 0.3 is 0 Å². The number of allylic oxidation sites excluding steroid dienone is 1. The number of benzene rings is 1. The first-order chi connectivity index (χ1) is 14.0. The molecule has 1 saturated carbocycles. The van der Waals surface area contributed by atoms with Crippen molar-refractivity contribution >= 4 is 11.8 Å². The van der Waals surface area contributed by atoms with Crippen molar-refractivity contribution in [3.63, 3.8) is 0 Å². The third-order valence-electron chi connectivity index (χ3n) is 5.78. The molecule has 0 amide bonds. The topological polar surface area (TPSA) is 34.1 Å². The van der Waals surface area contributed by atoms with E-state index in [1.54, 1.807) is 7.11 Å². The molecule has 1 fully saturated rings. The minimum Gasteiger partial charge on any atom is -0.496 e. The molecule has 0 spiro atoms. The van der Waals surface area contributed by atoms with Gasteiger partial charge in [-0.05, 0) is 64.7 Å². The van der Waals surface area contributed by atoms with Crippen molar-refractivity contribution in [2.45, 2.75) is 78.8 Å². The number of rotatable bonds is 11. The Bertz CT molecular complexity index is 671. The third-order valence-corrected chi connectivity index (χ3v) is 5.78. The first-order valence-electron chi connectivity index (χ1n) is 11.3. The van der Waals surface area contributed by atoms with Gasteiger partial charge in [0.1, 0.15) is 12.4 Å². The van der Waals surface area contributed by atoms with E-state index in [0.29, 0.717) is 24.6 Å². The lowest BCUT2D eigenvalue weighted by Crippen LogP contribution is -2.39. The fourth-order valence-electron chi connectivity index (χ4n) is 4.22. The average Bonchev–Trinajstić information content (AvgIpc) is 3.07. The molecule has 29 heavy (non-hydrogen) atoms. The number of ether oxygens (including phenoxy) is 1. The lowest BCUT2D eigenvalue weighted by atomic mass is 9.98. The van der Waals surface area contributed by atoms with Crippen molar-refractivity contribution in [2.24, 2.45) is 11.1 Å². The van der Waals surface area contributed by atoms with Crippen LogP contribution in [0.25, 0.3) is 6.08 Å². The smallest absolute Gasteiger partial charge is 0.129 e. The molecule has 1 atom stereocenters. The number of hydrogen-bond acceptors (Lipinski definition) is 4. The van der Waals surface area contributed by atoms with Gasteiger partial charge in [0.25, 0.3) is 0 Å². The van der Waals surface area contributed by atoms with E-state index in [1.807, 2.05) is 12.1 Å². The van der Waals surface area contributed by atoms with Crippen LogP contribution in [0.2, 0.25) is 0 Å². The molecule has 0 saturated heterocycles. The Kier molecular flexibility index (Phi) is 9.72. The summed E-state index contributed by atoms with van der Waals surface area (Å²) in [5.41, 5.74) is 3.55. The molecule has 0 heterocycles. The molecule has 4 heteroatoms. The molecular formula is C25H40N2O2. The highest BCUT2D eigenvalue weighted by molar-refractivity contribution is 6.07. The van der Waals surface area contributed by atoms with Gasteiger partial charge in [-0.3, -0.25) is 4.90 Å². The Balaban J connectivity index is 2.14. The standard InChI is InChI=1S/C25H40N2O2/c1-7-8-11-21-14-15-23(18-22-12-9-10-13-24(22)28-6)25(21)26-29-17-16-27(19(2)3)20(4)5/h9-10,12-13,18-21H,7-8,11,14-17H2,1-6H3/t21-/m0/s1. The molecular weight excluding hydrogens is 360 g/mol. The second-order valence-electron chi connectivity index (χ2n) is 8.52. The summed E-state index contributed by atoms with van der Waals surface area (Å²) in [5.74, 6) is 1.41. The van der Waals surface area contributed by atoms with E-state index < -0.39 is 0 Å². The lowest BCUT2D eigenvalue weighted by Gasteiger charge is -2.29. The highest BCUT2D eigenvalue weighted by Crippen LogP contribution is 2.34. The number of oxime groups is 1. The van der Waals surface area contributed by atoms with Crippen LogP contribution in [-0.2, 0) is 4.84 Å². The minimum atomic E-state index is 0.502. The van der Waals surface area contributed by atoms with Crippen molar-refractivity contribution in [1.82, 2.24) is 4.90 Å². The van der Waals surface area contributed by atoms with Crippen LogP contribution >= 0.6 is 0 Å². The quantitative estimate of drug-likeness (QED) is 0.329. The maximum absolute atomic E-state index is 5.86. The Morgan fingerprint density at radius 3 is 2.55 bits per heavy atom. The summed E-state index contributed by atoms with van der Waals surface area (Å²) in [6, 6.07) is 9.19. The summed E-state index contributed by atoms with van der Waals surface area (Å²) < 4.78 is 5.53. The van der Waals surface area contributed by atoms with Crippen molar-refractivity contribution < 1.29 is 9.57 Å². The van der Waals surface area contributed by atoms with Crippen LogP contribution < -0.4 is 4.74 Å². The van der Waals surface area contributed by atoms with Gasteiger partial charge < -0.3 is 9.57 Å². The number of methoxy groups -OCH3 is 1. The fourth-order valence-corrected chi connectivity index (χ4v) is 4.22. The lowest BCUT2D eigenvalue weighted by molar-refractivity contribution is 0.0822. The number of para-hydroxylation sites is 1. The normalized spacial score (nSPS) is 19.8. The Hall–Kier alpha value is -1.81.